The van der Waals surface area contributed by atoms with Gasteiger partial charge in [0.15, 0.2) is 0 Å². The van der Waals surface area contributed by atoms with E-state index < -0.39 is 17.1 Å². The standard InChI is InChI=1S/C27H56N4O5Si2/c1-11-30-18-14-13-15-19-31(12-2)25(33)29-21-38(27(8,9)10)35-23(4)22(3)34-37(36-38,26(5,6)7)20-16-17-28-24(30)32/h22-23H,11-21H2,1-10H3,(H,28,32)(H,29,33). The summed E-state index contributed by atoms with van der Waals surface area (Å²) in [5.74, 6) is 0. The van der Waals surface area contributed by atoms with Crippen molar-refractivity contribution in [3.8, 4) is 0 Å². The number of fused-ring (bicyclic) bond motifs is 2. The van der Waals surface area contributed by atoms with Crippen LogP contribution in [0.15, 0.2) is 0 Å². The van der Waals surface area contributed by atoms with Crippen LogP contribution in [-0.4, -0.2) is 90.1 Å². The monoisotopic (exact) mass is 572 g/mol. The lowest BCUT2D eigenvalue weighted by atomic mass is 10.2. The summed E-state index contributed by atoms with van der Waals surface area (Å²) in [6.07, 6.45) is 3.62. The average molecular weight is 573 g/mol. The zero-order valence-corrected chi connectivity index (χ0v) is 27.9. The van der Waals surface area contributed by atoms with Gasteiger partial charge < -0.3 is 33.4 Å². The lowest BCUT2D eigenvalue weighted by molar-refractivity contribution is 0.0666. The Hall–Kier alpha value is -1.15. The van der Waals surface area contributed by atoms with Crippen molar-refractivity contribution in [2.75, 3.05) is 38.9 Å². The average Bonchev–Trinajstić information content (AvgIpc) is 2.93. The molecule has 0 saturated carbocycles. The van der Waals surface area contributed by atoms with Crippen molar-refractivity contribution in [1.29, 1.82) is 0 Å². The van der Waals surface area contributed by atoms with Gasteiger partial charge in [-0.25, -0.2) is 9.59 Å². The SMILES string of the molecule is CCN1CCCCCN(CC)C(=O)NC[Si]2(C(C)(C)C)OC(C)C(C)O[Si](C(C)(C)C)(CCCNC1=O)O2. The Labute approximate surface area is 234 Å². The van der Waals surface area contributed by atoms with E-state index in [1.807, 2.05) is 23.6 Å². The first-order chi connectivity index (χ1) is 17.6. The van der Waals surface area contributed by atoms with E-state index in [0.717, 1.165) is 38.3 Å². The largest absolute Gasteiger partial charge is 0.413 e. The fourth-order valence-corrected chi connectivity index (χ4v) is 15.6. The summed E-state index contributed by atoms with van der Waals surface area (Å²) in [6, 6.07) is 0.657. The maximum Gasteiger partial charge on any atom is 0.355 e. The van der Waals surface area contributed by atoms with Gasteiger partial charge in [-0.2, -0.15) is 0 Å². The van der Waals surface area contributed by atoms with E-state index in [1.54, 1.807) is 0 Å². The molecule has 11 heteroatoms. The van der Waals surface area contributed by atoms with E-state index in [0.29, 0.717) is 32.3 Å². The van der Waals surface area contributed by atoms with Crippen LogP contribution in [0.5, 0.6) is 0 Å². The van der Waals surface area contributed by atoms with Gasteiger partial charge in [-0.15, -0.1) is 0 Å². The molecule has 0 aromatic rings. The summed E-state index contributed by atoms with van der Waals surface area (Å²) in [6.45, 7) is 24.5. The zero-order chi connectivity index (χ0) is 28.8. The molecular formula is C27H56N4O5Si2. The molecule has 4 amide bonds. The Morgan fingerprint density at radius 2 is 1.24 bits per heavy atom. The summed E-state index contributed by atoms with van der Waals surface area (Å²) in [7, 11) is -5.95. The van der Waals surface area contributed by atoms with Gasteiger partial charge in [-0.3, -0.25) is 0 Å². The summed E-state index contributed by atoms with van der Waals surface area (Å²) in [5.41, 5.74) is 0. The molecular weight excluding hydrogens is 516 g/mol. The molecule has 0 aromatic heterocycles. The van der Waals surface area contributed by atoms with Crippen LogP contribution in [0.25, 0.3) is 0 Å². The fourth-order valence-electron chi connectivity index (χ4n) is 5.11. The minimum absolute atomic E-state index is 0.0129. The smallest absolute Gasteiger partial charge is 0.355 e. The van der Waals surface area contributed by atoms with Gasteiger partial charge in [0.25, 0.3) is 0 Å². The van der Waals surface area contributed by atoms with Crippen LogP contribution < -0.4 is 10.6 Å². The van der Waals surface area contributed by atoms with E-state index in [1.165, 1.54) is 0 Å². The second kappa shape index (κ2) is 13.5. The number of carbonyl (C=O) groups is 2. The highest BCUT2D eigenvalue weighted by atomic mass is 28.5. The molecule has 4 atom stereocenters. The number of amides is 4. The third-order valence-electron chi connectivity index (χ3n) is 8.15. The molecule has 2 fully saturated rings. The van der Waals surface area contributed by atoms with Gasteiger partial charge in [0.05, 0.1) is 18.4 Å². The Bertz CT molecular complexity index is 790. The molecule has 2 saturated heterocycles. The van der Waals surface area contributed by atoms with Crippen LogP contribution in [0, 0.1) is 0 Å². The first kappa shape index (κ1) is 33.1. The minimum atomic E-state index is -3.05. The molecule has 2 heterocycles. The van der Waals surface area contributed by atoms with Crippen LogP contribution in [0.1, 0.15) is 94.9 Å². The predicted octanol–water partition coefficient (Wildman–Crippen LogP) is 5.49. The summed E-state index contributed by atoms with van der Waals surface area (Å²) in [5, 5.41) is 5.84. The van der Waals surface area contributed by atoms with E-state index in [4.69, 9.17) is 13.0 Å². The number of carbonyl (C=O) groups excluding carboxylic acids is 2. The third-order valence-corrected chi connectivity index (χ3v) is 18.5. The number of nitrogens with zero attached hydrogens (tertiary/aromatic N) is 2. The first-order valence-electron chi connectivity index (χ1n) is 14.7. The van der Waals surface area contributed by atoms with Gasteiger partial charge in [-0.1, -0.05) is 41.5 Å². The Morgan fingerprint density at radius 1 is 0.763 bits per heavy atom. The zero-order valence-electron chi connectivity index (χ0n) is 25.9. The predicted molar refractivity (Wildman–Crippen MR) is 158 cm³/mol. The number of rotatable bonds is 2. The highest BCUT2D eigenvalue weighted by Gasteiger charge is 2.63. The van der Waals surface area contributed by atoms with Crippen molar-refractivity contribution in [1.82, 2.24) is 20.4 Å². The van der Waals surface area contributed by atoms with E-state index in [2.05, 4.69) is 66.0 Å². The Kier molecular flexibility index (Phi) is 11.7. The number of hydrogen-bond donors (Lipinski definition) is 2. The van der Waals surface area contributed by atoms with E-state index in [-0.39, 0.29) is 34.3 Å². The van der Waals surface area contributed by atoms with E-state index in [9.17, 15) is 9.59 Å². The Morgan fingerprint density at radius 3 is 1.71 bits per heavy atom. The van der Waals surface area contributed by atoms with Gasteiger partial charge in [0.2, 0.25) is 0 Å². The fraction of sp³-hybridized carbons (Fsp3) is 0.926. The van der Waals surface area contributed by atoms with E-state index >= 15 is 0 Å². The lowest BCUT2D eigenvalue weighted by Gasteiger charge is -2.49. The van der Waals surface area contributed by atoms with Crippen molar-refractivity contribution in [3.63, 3.8) is 0 Å². The summed E-state index contributed by atoms with van der Waals surface area (Å²) in [4.78, 5) is 30.0. The van der Waals surface area contributed by atoms with Crippen LogP contribution in [0.2, 0.25) is 16.1 Å². The first-order valence-corrected chi connectivity index (χ1v) is 18.8. The highest BCUT2D eigenvalue weighted by Crippen LogP contribution is 2.50. The summed E-state index contributed by atoms with van der Waals surface area (Å²) >= 11 is 0. The molecule has 0 radical (unpaired) electrons. The summed E-state index contributed by atoms with van der Waals surface area (Å²) < 4.78 is 21.2. The van der Waals surface area contributed by atoms with Gasteiger partial charge in [0, 0.05) is 42.8 Å². The molecule has 2 N–H and O–H groups in total. The minimum Gasteiger partial charge on any atom is -0.413 e. The van der Waals surface area contributed by atoms with Crippen molar-refractivity contribution in [2.24, 2.45) is 0 Å². The molecule has 38 heavy (non-hydrogen) atoms. The highest BCUT2D eigenvalue weighted by molar-refractivity contribution is 6.84. The molecule has 0 aliphatic carbocycles. The molecule has 9 nitrogen and oxygen atoms in total. The normalized spacial score (nSPS) is 32.1. The number of hydrogen-bond acceptors (Lipinski definition) is 5. The number of urea groups is 2. The van der Waals surface area contributed by atoms with Gasteiger partial charge in [0.1, 0.15) is 0 Å². The maximum absolute atomic E-state index is 13.4. The molecule has 2 aliphatic rings. The van der Waals surface area contributed by atoms with Crippen LogP contribution in [-0.2, 0) is 13.0 Å². The molecule has 2 rings (SSSR count). The quantitative estimate of drug-likeness (QED) is 0.427. The molecule has 222 valence electrons. The lowest BCUT2D eigenvalue weighted by Crippen LogP contribution is -2.66. The molecule has 2 aliphatic heterocycles. The van der Waals surface area contributed by atoms with Gasteiger partial charge in [-0.05, 0) is 59.4 Å². The van der Waals surface area contributed by atoms with Crippen molar-refractivity contribution in [2.45, 2.75) is 123 Å². The van der Waals surface area contributed by atoms with Crippen molar-refractivity contribution < 1.29 is 22.6 Å². The topological polar surface area (TPSA) is 92.4 Å². The molecule has 4 unspecified atom stereocenters. The second-order valence-electron chi connectivity index (χ2n) is 13.0. The maximum atomic E-state index is 13.4. The van der Waals surface area contributed by atoms with Crippen molar-refractivity contribution in [3.05, 3.63) is 0 Å². The van der Waals surface area contributed by atoms with Crippen molar-refractivity contribution >= 4 is 29.2 Å². The molecule has 0 aromatic carbocycles. The second-order valence-corrected chi connectivity index (χ2v) is 21.1. The molecule has 2 bridgehead atoms. The van der Waals surface area contributed by atoms with Crippen LogP contribution in [0.4, 0.5) is 9.59 Å². The van der Waals surface area contributed by atoms with Crippen LogP contribution in [0.3, 0.4) is 0 Å². The molecule has 0 spiro atoms. The van der Waals surface area contributed by atoms with Crippen LogP contribution >= 0.6 is 0 Å². The Balaban J connectivity index is 2.51. The number of nitrogens with one attached hydrogen (secondary N) is 2. The van der Waals surface area contributed by atoms with Gasteiger partial charge >= 0.3 is 29.2 Å². The third kappa shape index (κ3) is 7.96.